The maximum Gasteiger partial charge on any atom is 0.401 e. The zero-order chi connectivity index (χ0) is 26.2. The predicted octanol–water partition coefficient (Wildman–Crippen LogP) is 5.25. The summed E-state index contributed by atoms with van der Waals surface area (Å²) in [4.78, 5) is 20.3. The van der Waals surface area contributed by atoms with E-state index in [1.54, 1.807) is 38.1 Å². The first kappa shape index (κ1) is 26.1. The third-order valence-corrected chi connectivity index (χ3v) is 6.62. The number of pyridine rings is 2. The summed E-state index contributed by atoms with van der Waals surface area (Å²) in [5, 5.41) is 0. The van der Waals surface area contributed by atoms with Crippen LogP contribution in [0.5, 0.6) is 0 Å². The van der Waals surface area contributed by atoms with E-state index in [1.807, 2.05) is 24.4 Å². The van der Waals surface area contributed by atoms with Crippen molar-refractivity contribution in [3.63, 3.8) is 0 Å². The van der Waals surface area contributed by atoms with Crippen LogP contribution in [0, 0.1) is 12.9 Å². The lowest BCUT2D eigenvalue weighted by Gasteiger charge is -2.39. The highest BCUT2D eigenvalue weighted by atomic mass is 19.4. The van der Waals surface area contributed by atoms with Gasteiger partial charge in [-0.25, -0.2) is 9.78 Å². The van der Waals surface area contributed by atoms with E-state index in [9.17, 15) is 22.4 Å². The highest BCUT2D eigenvalue weighted by molar-refractivity contribution is 5.95. The fraction of sp³-hybridized carbons (Fsp3) is 0.462. The molecule has 0 amide bonds. The molecule has 0 aliphatic carbocycles. The van der Waals surface area contributed by atoms with Crippen molar-refractivity contribution in [1.29, 1.82) is 0 Å². The first-order valence-corrected chi connectivity index (χ1v) is 12.0. The number of fused-ring (bicyclic) bond motifs is 1. The summed E-state index contributed by atoms with van der Waals surface area (Å²) in [6.45, 7) is 7.90. The molecule has 1 fully saturated rings. The predicted molar refractivity (Wildman–Crippen MR) is 128 cm³/mol. The molecule has 36 heavy (non-hydrogen) atoms. The lowest BCUT2D eigenvalue weighted by atomic mass is 9.99. The van der Waals surface area contributed by atoms with E-state index in [0.717, 1.165) is 5.69 Å². The van der Waals surface area contributed by atoms with Crippen molar-refractivity contribution >= 4 is 11.5 Å². The van der Waals surface area contributed by atoms with Crippen LogP contribution in [0.2, 0.25) is 0 Å². The fourth-order valence-electron chi connectivity index (χ4n) is 4.92. The van der Waals surface area contributed by atoms with Gasteiger partial charge in [0.15, 0.2) is 0 Å². The molecule has 1 aliphatic heterocycles. The molecule has 6 nitrogen and oxygen atoms in total. The summed E-state index contributed by atoms with van der Waals surface area (Å²) in [6, 6.07) is 6.55. The molecule has 194 valence electrons. The van der Waals surface area contributed by atoms with E-state index >= 15 is 0 Å². The van der Waals surface area contributed by atoms with Gasteiger partial charge in [-0.15, -0.1) is 0 Å². The van der Waals surface area contributed by atoms with Crippen molar-refractivity contribution in [3.05, 3.63) is 59.4 Å². The average Bonchev–Trinajstić information content (AvgIpc) is 3.20. The molecule has 3 aromatic rings. The van der Waals surface area contributed by atoms with Crippen LogP contribution in [0.1, 0.15) is 48.4 Å². The average molecular weight is 507 g/mol. The van der Waals surface area contributed by atoms with Gasteiger partial charge in [-0.3, -0.25) is 9.80 Å². The fourth-order valence-corrected chi connectivity index (χ4v) is 4.92. The summed E-state index contributed by atoms with van der Waals surface area (Å²) in [5.74, 6) is -1.10. The molecule has 0 aromatic carbocycles. The molecule has 0 saturated carbocycles. The van der Waals surface area contributed by atoms with E-state index in [2.05, 4.69) is 9.88 Å². The Morgan fingerprint density at radius 1 is 1.11 bits per heavy atom. The zero-order valence-electron chi connectivity index (χ0n) is 20.8. The molecule has 1 atom stereocenters. The number of rotatable bonds is 6. The minimum absolute atomic E-state index is 0.216. The first-order valence-electron chi connectivity index (χ1n) is 12.0. The Morgan fingerprint density at radius 3 is 2.42 bits per heavy atom. The SMILES string of the molecule is Cc1c(C(=O)OC(C)C)cc2c(-c3cccnc3F)ccn2c1C(C)N1CCN(CC(F)(F)F)CC1. The van der Waals surface area contributed by atoms with Crippen LogP contribution in [-0.2, 0) is 4.74 Å². The van der Waals surface area contributed by atoms with Gasteiger partial charge in [0.1, 0.15) is 0 Å². The number of alkyl halides is 3. The van der Waals surface area contributed by atoms with Crippen molar-refractivity contribution in [2.24, 2.45) is 0 Å². The number of hydrogen-bond acceptors (Lipinski definition) is 5. The van der Waals surface area contributed by atoms with E-state index < -0.39 is 24.6 Å². The van der Waals surface area contributed by atoms with Crippen molar-refractivity contribution in [2.45, 2.75) is 46.0 Å². The standard InChI is InChI=1S/C26H30F4N4O2/c1-16(2)36-25(35)21-14-22-19(20-6-5-8-31-24(20)27)7-9-34(22)23(17(21)3)18(4)33-12-10-32(11-13-33)15-26(28,29)30/h5-9,14,16,18H,10-13,15H2,1-4H3. The van der Waals surface area contributed by atoms with E-state index in [1.165, 1.54) is 11.1 Å². The number of carbonyl (C=O) groups is 1. The minimum Gasteiger partial charge on any atom is -0.459 e. The van der Waals surface area contributed by atoms with Gasteiger partial charge in [-0.2, -0.15) is 17.6 Å². The van der Waals surface area contributed by atoms with Gasteiger partial charge in [0.25, 0.3) is 0 Å². The molecule has 1 saturated heterocycles. The number of nitrogens with zero attached hydrogens (tertiary/aromatic N) is 4. The molecule has 0 N–H and O–H groups in total. The second kappa shape index (κ2) is 10.2. The molecule has 10 heteroatoms. The Morgan fingerprint density at radius 2 is 1.81 bits per heavy atom. The van der Waals surface area contributed by atoms with Crippen molar-refractivity contribution in [2.75, 3.05) is 32.7 Å². The summed E-state index contributed by atoms with van der Waals surface area (Å²) in [7, 11) is 0. The third kappa shape index (κ3) is 5.39. The Kier molecular flexibility index (Phi) is 7.38. The molecule has 1 aliphatic rings. The maximum absolute atomic E-state index is 14.6. The van der Waals surface area contributed by atoms with E-state index in [-0.39, 0.29) is 12.1 Å². The highest BCUT2D eigenvalue weighted by Gasteiger charge is 2.34. The largest absolute Gasteiger partial charge is 0.459 e. The number of aromatic nitrogens is 2. The van der Waals surface area contributed by atoms with Crippen LogP contribution in [0.3, 0.4) is 0 Å². The smallest absolute Gasteiger partial charge is 0.401 e. The van der Waals surface area contributed by atoms with Gasteiger partial charge in [-0.05, 0) is 57.5 Å². The second-order valence-corrected chi connectivity index (χ2v) is 9.45. The number of halogens is 4. The van der Waals surface area contributed by atoms with Crippen molar-refractivity contribution in [3.8, 4) is 11.1 Å². The van der Waals surface area contributed by atoms with Gasteiger partial charge < -0.3 is 9.14 Å². The van der Waals surface area contributed by atoms with Crippen LogP contribution in [0.4, 0.5) is 17.6 Å². The molecule has 4 heterocycles. The van der Waals surface area contributed by atoms with Crippen LogP contribution in [0.25, 0.3) is 16.6 Å². The van der Waals surface area contributed by atoms with Crippen LogP contribution < -0.4 is 0 Å². The Labute approximate surface area is 207 Å². The van der Waals surface area contributed by atoms with Crippen molar-refractivity contribution in [1.82, 2.24) is 19.2 Å². The number of esters is 1. The van der Waals surface area contributed by atoms with Crippen LogP contribution in [-0.4, -0.2) is 70.2 Å². The Bertz CT molecular complexity index is 1250. The molecule has 4 rings (SSSR count). The van der Waals surface area contributed by atoms with E-state index in [4.69, 9.17) is 4.74 Å². The number of ether oxygens (including phenoxy) is 1. The van der Waals surface area contributed by atoms with Gasteiger partial charge in [-0.1, -0.05) is 0 Å². The molecule has 0 spiro atoms. The molecule has 3 aromatic heterocycles. The Hall–Kier alpha value is -2.98. The van der Waals surface area contributed by atoms with Crippen LogP contribution in [0.15, 0.2) is 36.7 Å². The topological polar surface area (TPSA) is 50.1 Å². The van der Waals surface area contributed by atoms with Gasteiger partial charge >= 0.3 is 12.1 Å². The monoisotopic (exact) mass is 506 g/mol. The number of piperazine rings is 1. The van der Waals surface area contributed by atoms with Gasteiger partial charge in [0.2, 0.25) is 5.95 Å². The summed E-state index contributed by atoms with van der Waals surface area (Å²) in [5.41, 5.74) is 3.42. The summed E-state index contributed by atoms with van der Waals surface area (Å²) in [6.07, 6.45) is -1.35. The van der Waals surface area contributed by atoms with Crippen LogP contribution >= 0.6 is 0 Å². The molecule has 0 bridgehead atoms. The molecular weight excluding hydrogens is 476 g/mol. The highest BCUT2D eigenvalue weighted by Crippen LogP contribution is 2.35. The lowest BCUT2D eigenvalue weighted by Crippen LogP contribution is -2.49. The Balaban J connectivity index is 1.77. The van der Waals surface area contributed by atoms with Gasteiger partial charge in [0.05, 0.1) is 23.7 Å². The summed E-state index contributed by atoms with van der Waals surface area (Å²) < 4.78 is 60.5. The first-order chi connectivity index (χ1) is 17.0. The quantitative estimate of drug-likeness (QED) is 0.260. The zero-order valence-corrected chi connectivity index (χ0v) is 20.8. The maximum atomic E-state index is 14.6. The second-order valence-electron chi connectivity index (χ2n) is 9.45. The van der Waals surface area contributed by atoms with Gasteiger partial charge in [0, 0.05) is 61.4 Å². The minimum atomic E-state index is -4.23. The van der Waals surface area contributed by atoms with E-state index in [0.29, 0.717) is 53.9 Å². The number of hydrogen-bond donors (Lipinski definition) is 0. The normalized spacial score (nSPS) is 16.6. The summed E-state index contributed by atoms with van der Waals surface area (Å²) >= 11 is 0. The van der Waals surface area contributed by atoms with Crippen molar-refractivity contribution < 1.29 is 27.1 Å². The third-order valence-electron chi connectivity index (χ3n) is 6.62. The number of carbonyl (C=O) groups excluding carboxylic acids is 1. The molecular formula is C26H30F4N4O2. The lowest BCUT2D eigenvalue weighted by molar-refractivity contribution is -0.149. The molecule has 1 unspecified atom stereocenters. The molecule has 0 radical (unpaired) electrons.